The van der Waals surface area contributed by atoms with Gasteiger partial charge in [-0.3, -0.25) is 9.59 Å². The summed E-state index contributed by atoms with van der Waals surface area (Å²) in [5.74, 6) is -0.168. The fraction of sp³-hybridized carbons (Fsp3) is 0.417. The number of hydrogen-bond donors (Lipinski definition) is 1. The summed E-state index contributed by atoms with van der Waals surface area (Å²) in [5, 5.41) is 2.89. The van der Waals surface area contributed by atoms with E-state index in [1.165, 1.54) is 0 Å². The molecule has 1 heterocycles. The first-order valence-corrected chi connectivity index (χ1v) is 10.3. The van der Waals surface area contributed by atoms with Gasteiger partial charge in [0.2, 0.25) is 5.91 Å². The molecular formula is C24H31N3O3. The van der Waals surface area contributed by atoms with Crippen LogP contribution >= 0.6 is 0 Å². The van der Waals surface area contributed by atoms with E-state index in [2.05, 4.69) is 22.3 Å². The van der Waals surface area contributed by atoms with Gasteiger partial charge in [-0.25, -0.2) is 0 Å². The van der Waals surface area contributed by atoms with Crippen LogP contribution in [-0.4, -0.2) is 50.1 Å². The van der Waals surface area contributed by atoms with Crippen molar-refractivity contribution in [2.75, 3.05) is 43.6 Å². The van der Waals surface area contributed by atoms with E-state index in [0.717, 1.165) is 37.6 Å². The van der Waals surface area contributed by atoms with Gasteiger partial charge in [-0.1, -0.05) is 45.0 Å². The second-order valence-corrected chi connectivity index (χ2v) is 8.67. The van der Waals surface area contributed by atoms with E-state index in [0.29, 0.717) is 17.8 Å². The zero-order chi connectivity index (χ0) is 21.7. The van der Waals surface area contributed by atoms with Gasteiger partial charge < -0.3 is 19.9 Å². The maximum absolute atomic E-state index is 13.1. The van der Waals surface area contributed by atoms with Gasteiger partial charge in [-0.05, 0) is 29.8 Å². The normalized spacial score (nSPS) is 14.3. The summed E-state index contributed by atoms with van der Waals surface area (Å²) in [6, 6.07) is 15.3. The largest absolute Gasteiger partial charge is 0.378 e. The summed E-state index contributed by atoms with van der Waals surface area (Å²) in [6.07, 6.45) is 0. The number of ether oxygens (including phenoxy) is 1. The Bertz CT molecular complexity index is 899. The molecule has 2 aromatic rings. The Labute approximate surface area is 178 Å². The van der Waals surface area contributed by atoms with Crippen molar-refractivity contribution in [3.8, 4) is 0 Å². The van der Waals surface area contributed by atoms with Crippen LogP contribution in [0.1, 0.15) is 36.7 Å². The highest BCUT2D eigenvalue weighted by Gasteiger charge is 2.22. The topological polar surface area (TPSA) is 61.9 Å². The lowest BCUT2D eigenvalue weighted by molar-refractivity contribution is -0.123. The van der Waals surface area contributed by atoms with Crippen molar-refractivity contribution in [2.45, 2.75) is 27.3 Å². The van der Waals surface area contributed by atoms with Crippen molar-refractivity contribution in [2.24, 2.45) is 5.41 Å². The molecule has 2 aromatic carbocycles. The molecule has 1 aliphatic rings. The number of anilines is 2. The zero-order valence-electron chi connectivity index (χ0n) is 18.3. The van der Waals surface area contributed by atoms with E-state index >= 15 is 0 Å². The van der Waals surface area contributed by atoms with Gasteiger partial charge in [-0.2, -0.15) is 0 Å². The summed E-state index contributed by atoms with van der Waals surface area (Å²) in [7, 11) is 1.80. The molecular weight excluding hydrogens is 378 g/mol. The Morgan fingerprint density at radius 3 is 2.47 bits per heavy atom. The molecule has 160 valence electrons. The molecule has 0 bridgehead atoms. The number of rotatable bonds is 5. The van der Waals surface area contributed by atoms with Crippen LogP contribution in [-0.2, 0) is 16.1 Å². The van der Waals surface area contributed by atoms with Crippen molar-refractivity contribution >= 4 is 23.2 Å². The molecule has 0 aliphatic carbocycles. The Kier molecular flexibility index (Phi) is 6.77. The second kappa shape index (κ2) is 9.30. The van der Waals surface area contributed by atoms with Crippen molar-refractivity contribution in [3.63, 3.8) is 0 Å². The second-order valence-electron chi connectivity index (χ2n) is 8.67. The van der Waals surface area contributed by atoms with Crippen molar-refractivity contribution in [1.82, 2.24) is 4.90 Å². The number of benzene rings is 2. The monoisotopic (exact) mass is 409 g/mol. The molecule has 2 amide bonds. The standard InChI is InChI=1S/C24H31N3O3/c1-24(2,3)23(29)25-20-10-7-9-18(16-20)22(28)26(4)17-19-8-5-6-11-21(19)27-12-14-30-15-13-27/h5-11,16H,12-15,17H2,1-4H3,(H,25,29). The van der Waals surface area contributed by atoms with Gasteiger partial charge in [0, 0.05) is 49.0 Å². The Morgan fingerprint density at radius 2 is 1.77 bits per heavy atom. The average molecular weight is 410 g/mol. The third-order valence-electron chi connectivity index (χ3n) is 5.15. The summed E-state index contributed by atoms with van der Waals surface area (Å²) in [4.78, 5) is 29.3. The van der Waals surface area contributed by atoms with Crippen molar-refractivity contribution in [3.05, 3.63) is 59.7 Å². The molecule has 0 spiro atoms. The van der Waals surface area contributed by atoms with Crippen LogP contribution in [0.4, 0.5) is 11.4 Å². The van der Waals surface area contributed by atoms with Crippen LogP contribution in [0.15, 0.2) is 48.5 Å². The number of nitrogens with zero attached hydrogens (tertiary/aromatic N) is 2. The van der Waals surface area contributed by atoms with Gasteiger partial charge in [0.05, 0.1) is 13.2 Å². The quantitative estimate of drug-likeness (QED) is 0.816. The number of carbonyl (C=O) groups excluding carboxylic acids is 2. The smallest absolute Gasteiger partial charge is 0.253 e. The van der Waals surface area contributed by atoms with E-state index in [4.69, 9.17) is 4.74 Å². The highest BCUT2D eigenvalue weighted by atomic mass is 16.5. The number of carbonyl (C=O) groups is 2. The van der Waals surface area contributed by atoms with Crippen molar-refractivity contribution < 1.29 is 14.3 Å². The van der Waals surface area contributed by atoms with Crippen molar-refractivity contribution in [1.29, 1.82) is 0 Å². The summed E-state index contributed by atoms with van der Waals surface area (Å²) < 4.78 is 5.46. The maximum Gasteiger partial charge on any atom is 0.253 e. The fourth-order valence-electron chi connectivity index (χ4n) is 3.35. The average Bonchev–Trinajstić information content (AvgIpc) is 2.73. The van der Waals surface area contributed by atoms with E-state index in [1.54, 1.807) is 36.2 Å². The highest BCUT2D eigenvalue weighted by Crippen LogP contribution is 2.24. The van der Waals surface area contributed by atoms with Crippen LogP contribution in [0.2, 0.25) is 0 Å². The third-order valence-corrected chi connectivity index (χ3v) is 5.15. The molecule has 0 atom stereocenters. The van der Waals surface area contributed by atoms with Gasteiger partial charge >= 0.3 is 0 Å². The minimum Gasteiger partial charge on any atom is -0.378 e. The molecule has 1 aliphatic heterocycles. The van der Waals surface area contributed by atoms with Crippen LogP contribution < -0.4 is 10.2 Å². The Balaban J connectivity index is 1.73. The SMILES string of the molecule is CN(Cc1ccccc1N1CCOCC1)C(=O)c1cccc(NC(=O)C(C)(C)C)c1. The van der Waals surface area contributed by atoms with Crippen LogP contribution in [0.5, 0.6) is 0 Å². The first kappa shape index (κ1) is 21.8. The maximum atomic E-state index is 13.1. The predicted molar refractivity (Wildman–Crippen MR) is 120 cm³/mol. The summed E-state index contributed by atoms with van der Waals surface area (Å²) >= 11 is 0. The predicted octanol–water partition coefficient (Wildman–Crippen LogP) is 3.78. The summed E-state index contributed by atoms with van der Waals surface area (Å²) in [6.45, 7) is 9.22. The van der Waals surface area contributed by atoms with E-state index in [-0.39, 0.29) is 11.8 Å². The zero-order valence-corrected chi connectivity index (χ0v) is 18.3. The third kappa shape index (κ3) is 5.39. The number of hydrogen-bond acceptors (Lipinski definition) is 4. The highest BCUT2D eigenvalue weighted by molar-refractivity contribution is 5.98. The van der Waals surface area contributed by atoms with Gasteiger partial charge in [0.1, 0.15) is 0 Å². The number of amides is 2. The van der Waals surface area contributed by atoms with E-state index in [9.17, 15) is 9.59 Å². The minimum absolute atomic E-state index is 0.0834. The van der Waals surface area contributed by atoms with Crippen LogP contribution in [0.25, 0.3) is 0 Å². The van der Waals surface area contributed by atoms with Crippen LogP contribution in [0.3, 0.4) is 0 Å². The minimum atomic E-state index is -0.500. The summed E-state index contributed by atoms with van der Waals surface area (Å²) in [5.41, 5.74) is 2.93. The molecule has 0 aromatic heterocycles. The van der Waals surface area contributed by atoms with E-state index < -0.39 is 5.41 Å². The number of nitrogens with one attached hydrogen (secondary N) is 1. The molecule has 0 unspecified atom stereocenters. The molecule has 1 fully saturated rings. The molecule has 6 heteroatoms. The van der Waals surface area contributed by atoms with Crippen LogP contribution in [0, 0.1) is 5.41 Å². The molecule has 0 saturated carbocycles. The van der Waals surface area contributed by atoms with Gasteiger partial charge in [0.15, 0.2) is 0 Å². The van der Waals surface area contributed by atoms with Gasteiger partial charge in [-0.15, -0.1) is 0 Å². The molecule has 1 saturated heterocycles. The number of para-hydroxylation sites is 1. The molecule has 1 N–H and O–H groups in total. The molecule has 0 radical (unpaired) electrons. The lowest BCUT2D eigenvalue weighted by atomic mass is 9.95. The Hall–Kier alpha value is -2.86. The lowest BCUT2D eigenvalue weighted by Gasteiger charge is -2.31. The number of morpholine rings is 1. The Morgan fingerprint density at radius 1 is 1.07 bits per heavy atom. The van der Waals surface area contributed by atoms with E-state index in [1.807, 2.05) is 32.9 Å². The lowest BCUT2D eigenvalue weighted by Crippen LogP contribution is -2.37. The van der Waals surface area contributed by atoms with Gasteiger partial charge in [0.25, 0.3) is 5.91 Å². The molecule has 6 nitrogen and oxygen atoms in total. The fourth-order valence-corrected chi connectivity index (χ4v) is 3.35. The molecule has 3 rings (SSSR count). The first-order chi connectivity index (χ1) is 14.3. The molecule has 30 heavy (non-hydrogen) atoms. The first-order valence-electron chi connectivity index (χ1n) is 10.3.